The first-order chi connectivity index (χ1) is 5.56. The van der Waals surface area contributed by atoms with Gasteiger partial charge in [-0.3, -0.25) is 0 Å². The number of hydrogen-bond acceptors (Lipinski definition) is 1. The topological polar surface area (TPSA) is 0 Å². The van der Waals surface area contributed by atoms with E-state index in [9.17, 15) is 0 Å². The van der Waals surface area contributed by atoms with Gasteiger partial charge in [-0.2, -0.15) is 11.8 Å². The Morgan fingerprint density at radius 1 is 1.00 bits per heavy atom. The van der Waals surface area contributed by atoms with Crippen molar-refractivity contribution in [2.45, 2.75) is 51.2 Å². The van der Waals surface area contributed by atoms with Gasteiger partial charge in [-0.05, 0) is 23.0 Å². The molecule has 0 bridgehead atoms. The van der Waals surface area contributed by atoms with Gasteiger partial charge >= 0.3 is 0 Å². The molecule has 0 unspecified atom stereocenters. The van der Waals surface area contributed by atoms with Crippen molar-refractivity contribution in [3.8, 4) is 0 Å². The molecule has 2 heteroatoms. The summed E-state index contributed by atoms with van der Waals surface area (Å²) in [7, 11) is 0. The van der Waals surface area contributed by atoms with E-state index in [1.165, 1.54) is 35.9 Å². The van der Waals surface area contributed by atoms with Crippen LogP contribution in [-0.4, -0.2) is 14.9 Å². The lowest BCUT2D eigenvalue weighted by Crippen LogP contribution is -2.08. The zero-order chi connectivity index (χ0) is 9.45. The summed E-state index contributed by atoms with van der Waals surface area (Å²) in [6.45, 7) is 6.88. The predicted molar refractivity (Wildman–Crippen MR) is 69.6 cm³/mol. The van der Waals surface area contributed by atoms with Crippen LogP contribution in [0, 0.1) is 0 Å². The minimum Gasteiger partial charge on any atom is -0.156 e. The van der Waals surface area contributed by atoms with E-state index in [4.69, 9.17) is 0 Å². The highest BCUT2D eigenvalue weighted by Gasteiger charge is 2.08. The van der Waals surface area contributed by atoms with Crippen molar-refractivity contribution < 1.29 is 0 Å². The van der Waals surface area contributed by atoms with Gasteiger partial charge in [-0.25, -0.2) is 0 Å². The van der Waals surface area contributed by atoms with Gasteiger partial charge in [0.25, 0.3) is 0 Å². The molecule has 0 aromatic heterocycles. The van der Waals surface area contributed by atoms with Crippen molar-refractivity contribution in [1.82, 2.24) is 0 Å². The van der Waals surface area contributed by atoms with Crippen molar-refractivity contribution in [1.29, 1.82) is 0 Å². The molecular formula is C10H21IS. The van der Waals surface area contributed by atoms with Gasteiger partial charge in [0.1, 0.15) is 0 Å². The lowest BCUT2D eigenvalue weighted by Gasteiger charge is -2.16. The van der Waals surface area contributed by atoms with E-state index >= 15 is 0 Å². The highest BCUT2D eigenvalue weighted by atomic mass is 127. The van der Waals surface area contributed by atoms with E-state index in [2.05, 4.69) is 55.1 Å². The van der Waals surface area contributed by atoms with Crippen LogP contribution in [0.3, 0.4) is 0 Å². The van der Waals surface area contributed by atoms with Crippen molar-refractivity contribution in [3.63, 3.8) is 0 Å². The molecule has 0 aromatic carbocycles. The number of halogens is 1. The van der Waals surface area contributed by atoms with Crippen LogP contribution < -0.4 is 0 Å². The van der Waals surface area contributed by atoms with Crippen molar-refractivity contribution in [2.24, 2.45) is 0 Å². The van der Waals surface area contributed by atoms with Crippen LogP contribution in [-0.2, 0) is 0 Å². The third kappa shape index (κ3) is 11.1. The normalized spacial score (nSPS) is 12.0. The average Bonchev–Trinajstić information content (AvgIpc) is 1.94. The fourth-order valence-electron chi connectivity index (χ4n) is 0.928. The molecule has 0 rings (SSSR count). The summed E-state index contributed by atoms with van der Waals surface area (Å²) in [6, 6.07) is 0. The van der Waals surface area contributed by atoms with Crippen LogP contribution in [0.25, 0.3) is 0 Å². The number of rotatable bonds is 6. The molecule has 0 aliphatic carbocycles. The third-order valence-electron chi connectivity index (χ3n) is 1.56. The van der Waals surface area contributed by atoms with E-state index in [0.29, 0.717) is 4.75 Å². The van der Waals surface area contributed by atoms with Crippen molar-refractivity contribution >= 4 is 34.4 Å². The molecule has 0 fully saturated rings. The third-order valence-corrected chi connectivity index (χ3v) is 3.68. The zero-order valence-electron chi connectivity index (χ0n) is 8.53. The minimum atomic E-state index is 0.462. The van der Waals surface area contributed by atoms with E-state index in [1.54, 1.807) is 0 Å². The Hall–Kier alpha value is 1.08. The van der Waals surface area contributed by atoms with Crippen LogP contribution >= 0.6 is 34.4 Å². The molecule has 0 aliphatic rings. The Morgan fingerprint density at radius 3 is 2.08 bits per heavy atom. The smallest absolute Gasteiger partial charge is 0.00750 e. The summed E-state index contributed by atoms with van der Waals surface area (Å²) in [5.41, 5.74) is 0. The van der Waals surface area contributed by atoms with Gasteiger partial charge in [0, 0.05) is 4.75 Å². The molecule has 0 saturated heterocycles. The first-order valence-corrected chi connectivity index (χ1v) is 7.27. The second-order valence-electron chi connectivity index (χ2n) is 4.06. The monoisotopic (exact) mass is 300 g/mol. The van der Waals surface area contributed by atoms with E-state index in [0.717, 1.165) is 0 Å². The van der Waals surface area contributed by atoms with Gasteiger partial charge in [0.2, 0.25) is 0 Å². The Morgan fingerprint density at radius 2 is 1.58 bits per heavy atom. The Labute approximate surface area is 95.4 Å². The second kappa shape index (κ2) is 7.48. The Bertz CT molecular complexity index is 96.5. The maximum absolute atomic E-state index is 2.46. The summed E-state index contributed by atoms with van der Waals surface area (Å²) >= 11 is 4.55. The van der Waals surface area contributed by atoms with Gasteiger partial charge < -0.3 is 0 Å². The highest BCUT2D eigenvalue weighted by Crippen LogP contribution is 2.24. The lowest BCUT2D eigenvalue weighted by molar-refractivity contribution is 0.710. The highest BCUT2D eigenvalue weighted by molar-refractivity contribution is 14.1. The van der Waals surface area contributed by atoms with E-state index in [1.807, 2.05) is 0 Å². The van der Waals surface area contributed by atoms with Gasteiger partial charge in [0.05, 0.1) is 0 Å². The van der Waals surface area contributed by atoms with Crippen LogP contribution in [0.15, 0.2) is 0 Å². The number of hydrogen-bond donors (Lipinski definition) is 0. The SMILES string of the molecule is CC(C)(C)SCCCCCCI. The maximum Gasteiger partial charge on any atom is 0.00750 e. The van der Waals surface area contributed by atoms with E-state index in [-0.39, 0.29) is 0 Å². The van der Waals surface area contributed by atoms with Crippen LogP contribution in [0.2, 0.25) is 0 Å². The van der Waals surface area contributed by atoms with E-state index < -0.39 is 0 Å². The summed E-state index contributed by atoms with van der Waals surface area (Å²) in [6.07, 6.45) is 5.65. The van der Waals surface area contributed by atoms with Crippen LogP contribution in [0.4, 0.5) is 0 Å². The number of alkyl halides is 1. The quantitative estimate of drug-likeness (QED) is 0.395. The largest absolute Gasteiger partial charge is 0.156 e. The molecule has 0 aromatic rings. The number of unbranched alkanes of at least 4 members (excludes halogenated alkanes) is 3. The molecular weight excluding hydrogens is 279 g/mol. The van der Waals surface area contributed by atoms with Crippen LogP contribution in [0.5, 0.6) is 0 Å². The minimum absolute atomic E-state index is 0.462. The molecule has 0 atom stereocenters. The van der Waals surface area contributed by atoms with Crippen molar-refractivity contribution in [2.75, 3.05) is 10.2 Å². The summed E-state index contributed by atoms with van der Waals surface area (Å²) in [4.78, 5) is 0. The standard InChI is InChI=1S/C10H21IS/c1-10(2,3)12-9-7-5-4-6-8-11/h4-9H2,1-3H3. The molecule has 74 valence electrons. The van der Waals surface area contributed by atoms with Gasteiger partial charge in [-0.1, -0.05) is 56.2 Å². The first-order valence-electron chi connectivity index (χ1n) is 4.76. The molecule has 0 amide bonds. The first kappa shape index (κ1) is 13.1. The van der Waals surface area contributed by atoms with Gasteiger partial charge in [0.15, 0.2) is 0 Å². The molecule has 12 heavy (non-hydrogen) atoms. The molecule has 0 saturated carbocycles. The molecule has 0 heterocycles. The van der Waals surface area contributed by atoms with Crippen LogP contribution in [0.1, 0.15) is 46.5 Å². The summed E-state index contributed by atoms with van der Waals surface area (Å²) in [5.74, 6) is 1.34. The van der Waals surface area contributed by atoms with Gasteiger partial charge in [-0.15, -0.1) is 0 Å². The molecule has 0 radical (unpaired) electrons. The molecule has 0 N–H and O–H groups in total. The fraction of sp³-hybridized carbons (Fsp3) is 1.00. The number of thioether (sulfide) groups is 1. The predicted octanol–water partition coefficient (Wildman–Crippen LogP) is 4.51. The Kier molecular flexibility index (Phi) is 8.15. The average molecular weight is 300 g/mol. The molecule has 0 nitrogen and oxygen atoms in total. The molecule has 0 aliphatic heterocycles. The summed E-state index contributed by atoms with van der Waals surface area (Å²) < 4.78 is 1.79. The Balaban J connectivity index is 3.01. The lowest BCUT2D eigenvalue weighted by atomic mass is 10.2. The fourth-order valence-corrected chi connectivity index (χ4v) is 2.43. The second-order valence-corrected chi connectivity index (χ2v) is 7.06. The molecule has 0 spiro atoms. The zero-order valence-corrected chi connectivity index (χ0v) is 11.5. The summed E-state index contributed by atoms with van der Waals surface area (Å²) in [5, 5.41) is 0. The van der Waals surface area contributed by atoms with Crippen molar-refractivity contribution in [3.05, 3.63) is 0 Å². The maximum atomic E-state index is 2.46.